The van der Waals surface area contributed by atoms with E-state index in [0.29, 0.717) is 24.4 Å². The summed E-state index contributed by atoms with van der Waals surface area (Å²) in [5, 5.41) is 11.1. The molecule has 1 amide bonds. The van der Waals surface area contributed by atoms with E-state index in [0.717, 1.165) is 11.1 Å². The van der Waals surface area contributed by atoms with Gasteiger partial charge in [0.05, 0.1) is 11.6 Å². The largest absolute Gasteiger partial charge is 0.438 e. The molecule has 3 rings (SSSR count). The van der Waals surface area contributed by atoms with E-state index in [2.05, 4.69) is 0 Å². The average molecular weight is 388 g/mol. The predicted octanol–water partition coefficient (Wildman–Crippen LogP) is 5.30. The summed E-state index contributed by atoms with van der Waals surface area (Å²) in [5.41, 5.74) is 0.137. The third kappa shape index (κ3) is 4.45. The number of carbonyl (C=O) groups excluding carboxylic acids is 1. The van der Waals surface area contributed by atoms with E-state index in [9.17, 15) is 9.90 Å². The smallest absolute Gasteiger partial charge is 0.411 e. The lowest BCUT2D eigenvalue weighted by atomic mass is 9.80. The number of hydrogen-bond acceptors (Lipinski definition) is 3. The van der Waals surface area contributed by atoms with Crippen molar-refractivity contribution < 1.29 is 14.6 Å². The first-order chi connectivity index (χ1) is 12.7. The van der Waals surface area contributed by atoms with Crippen molar-refractivity contribution in [2.75, 3.05) is 6.54 Å². The molecule has 0 radical (unpaired) electrons. The minimum absolute atomic E-state index is 0.120. The maximum absolute atomic E-state index is 12.9. The fraction of sp³-hybridized carbons (Fsp3) is 0.409. The van der Waals surface area contributed by atoms with Gasteiger partial charge in [0.2, 0.25) is 0 Å². The summed E-state index contributed by atoms with van der Waals surface area (Å²) in [6.45, 7) is 6.02. The molecule has 2 aromatic rings. The summed E-state index contributed by atoms with van der Waals surface area (Å²) in [6.07, 6.45) is 0.598. The second-order valence-electron chi connectivity index (χ2n) is 7.89. The number of nitrogens with zero attached hydrogens (tertiary/aromatic N) is 1. The Hall–Kier alpha value is -2.04. The fourth-order valence-electron chi connectivity index (χ4n) is 3.81. The predicted molar refractivity (Wildman–Crippen MR) is 107 cm³/mol. The minimum Gasteiger partial charge on any atom is -0.438 e. The average Bonchev–Trinajstić information content (AvgIpc) is 2.61. The van der Waals surface area contributed by atoms with Crippen molar-refractivity contribution in [3.05, 3.63) is 70.7 Å². The van der Waals surface area contributed by atoms with Gasteiger partial charge in [-0.05, 0) is 44.0 Å². The summed E-state index contributed by atoms with van der Waals surface area (Å²) in [7, 11) is 0. The van der Waals surface area contributed by atoms with Gasteiger partial charge in [-0.3, -0.25) is 0 Å². The molecule has 1 fully saturated rings. The van der Waals surface area contributed by atoms with E-state index in [1.807, 2.05) is 61.5 Å². The standard InChI is InChI=1S/C22H26ClNO3/c1-16(17-9-11-19(23)12-10-17)24-14-13-22(27-20(24)25,15-21(2,3)26)18-7-5-4-6-8-18/h4-12,16,26H,13-15H2,1-3H3/t16-,22?/m0/s1. The molecule has 1 saturated heterocycles. The zero-order valence-electron chi connectivity index (χ0n) is 16.0. The van der Waals surface area contributed by atoms with Crippen LogP contribution in [-0.2, 0) is 10.3 Å². The summed E-state index contributed by atoms with van der Waals surface area (Å²) >= 11 is 5.97. The number of benzene rings is 2. The first kappa shape index (κ1) is 19.7. The van der Waals surface area contributed by atoms with E-state index in [-0.39, 0.29) is 12.1 Å². The van der Waals surface area contributed by atoms with Gasteiger partial charge in [-0.15, -0.1) is 0 Å². The molecule has 1 aliphatic rings. The highest BCUT2D eigenvalue weighted by atomic mass is 35.5. The molecule has 1 aliphatic heterocycles. The highest BCUT2D eigenvalue weighted by Crippen LogP contribution is 2.42. The van der Waals surface area contributed by atoms with Crippen LogP contribution in [0.15, 0.2) is 54.6 Å². The molecule has 1 unspecified atom stereocenters. The quantitative estimate of drug-likeness (QED) is 0.757. The first-order valence-corrected chi connectivity index (χ1v) is 9.61. The number of hydrogen-bond donors (Lipinski definition) is 1. The number of carbonyl (C=O) groups is 1. The highest BCUT2D eigenvalue weighted by Gasteiger charge is 2.46. The number of aliphatic hydroxyl groups is 1. The molecule has 4 nitrogen and oxygen atoms in total. The Balaban J connectivity index is 1.85. The molecule has 0 spiro atoms. The molecule has 1 heterocycles. The Morgan fingerprint density at radius 3 is 2.37 bits per heavy atom. The number of amides is 1. The normalized spacial score (nSPS) is 21.7. The Kier molecular flexibility index (Phi) is 5.50. The topological polar surface area (TPSA) is 49.8 Å². The zero-order valence-corrected chi connectivity index (χ0v) is 16.7. The number of rotatable bonds is 5. The van der Waals surface area contributed by atoms with Crippen molar-refractivity contribution in [2.45, 2.75) is 50.9 Å². The maximum Gasteiger partial charge on any atom is 0.411 e. The first-order valence-electron chi connectivity index (χ1n) is 9.23. The van der Waals surface area contributed by atoms with Crippen LogP contribution >= 0.6 is 11.6 Å². The van der Waals surface area contributed by atoms with Gasteiger partial charge >= 0.3 is 6.09 Å². The van der Waals surface area contributed by atoms with Crippen molar-refractivity contribution in [1.82, 2.24) is 4.90 Å². The molecule has 1 N–H and O–H groups in total. The molecule has 2 aromatic carbocycles. The molecule has 2 atom stereocenters. The van der Waals surface area contributed by atoms with E-state index in [4.69, 9.17) is 16.3 Å². The van der Waals surface area contributed by atoms with Crippen LogP contribution in [0, 0.1) is 0 Å². The van der Waals surface area contributed by atoms with Crippen molar-refractivity contribution in [2.24, 2.45) is 0 Å². The van der Waals surface area contributed by atoms with Crippen molar-refractivity contribution in [1.29, 1.82) is 0 Å². The van der Waals surface area contributed by atoms with Crippen molar-refractivity contribution in [3.63, 3.8) is 0 Å². The van der Waals surface area contributed by atoms with Crippen molar-refractivity contribution >= 4 is 17.7 Å². The van der Waals surface area contributed by atoms with Gasteiger partial charge in [-0.2, -0.15) is 0 Å². The van der Waals surface area contributed by atoms with Crippen LogP contribution in [0.2, 0.25) is 5.02 Å². The van der Waals surface area contributed by atoms with Crippen LogP contribution < -0.4 is 0 Å². The summed E-state index contributed by atoms with van der Waals surface area (Å²) in [4.78, 5) is 14.7. The Labute approximate surface area is 165 Å². The van der Waals surface area contributed by atoms with E-state index in [1.165, 1.54) is 0 Å². The van der Waals surface area contributed by atoms with Gasteiger partial charge in [0.15, 0.2) is 0 Å². The second-order valence-corrected chi connectivity index (χ2v) is 8.32. The van der Waals surface area contributed by atoms with Gasteiger partial charge in [0.1, 0.15) is 5.60 Å². The zero-order chi connectivity index (χ0) is 19.7. The van der Waals surface area contributed by atoms with E-state index < -0.39 is 11.2 Å². The molecule has 144 valence electrons. The van der Waals surface area contributed by atoms with Gasteiger partial charge in [0.25, 0.3) is 0 Å². The molecule has 0 aromatic heterocycles. The summed E-state index contributed by atoms with van der Waals surface area (Å²) in [6, 6.07) is 17.1. The molecular formula is C22H26ClNO3. The highest BCUT2D eigenvalue weighted by molar-refractivity contribution is 6.30. The van der Waals surface area contributed by atoms with Gasteiger partial charge < -0.3 is 14.7 Å². The Bertz CT molecular complexity index is 785. The maximum atomic E-state index is 12.9. The molecule has 0 aliphatic carbocycles. The second kappa shape index (κ2) is 7.53. The van der Waals surface area contributed by atoms with Crippen LogP contribution in [0.4, 0.5) is 4.79 Å². The van der Waals surface area contributed by atoms with Gasteiger partial charge in [-0.25, -0.2) is 4.79 Å². The lowest BCUT2D eigenvalue weighted by Gasteiger charge is -2.45. The third-order valence-corrected chi connectivity index (χ3v) is 5.36. The van der Waals surface area contributed by atoms with Crippen LogP contribution in [-0.4, -0.2) is 28.2 Å². The van der Waals surface area contributed by atoms with Crippen LogP contribution in [0.3, 0.4) is 0 Å². The van der Waals surface area contributed by atoms with E-state index in [1.54, 1.807) is 18.7 Å². The summed E-state index contributed by atoms with van der Waals surface area (Å²) in [5.74, 6) is 0. The van der Waals surface area contributed by atoms with Gasteiger partial charge in [-0.1, -0.05) is 54.1 Å². The fourth-order valence-corrected chi connectivity index (χ4v) is 3.94. The van der Waals surface area contributed by atoms with Crippen molar-refractivity contribution in [3.8, 4) is 0 Å². The summed E-state index contributed by atoms with van der Waals surface area (Å²) < 4.78 is 6.02. The minimum atomic E-state index is -0.958. The SMILES string of the molecule is C[C@@H](c1ccc(Cl)cc1)N1CCC(CC(C)(C)O)(c2ccccc2)OC1=O. The monoisotopic (exact) mass is 387 g/mol. The molecule has 5 heteroatoms. The van der Waals surface area contributed by atoms with E-state index >= 15 is 0 Å². The third-order valence-electron chi connectivity index (χ3n) is 5.11. The van der Waals surface area contributed by atoms with Crippen LogP contribution in [0.5, 0.6) is 0 Å². The van der Waals surface area contributed by atoms with Crippen LogP contribution in [0.1, 0.15) is 50.8 Å². The Morgan fingerprint density at radius 2 is 1.81 bits per heavy atom. The molecule has 27 heavy (non-hydrogen) atoms. The number of cyclic esters (lactones) is 1. The Morgan fingerprint density at radius 1 is 1.19 bits per heavy atom. The lowest BCUT2D eigenvalue weighted by molar-refractivity contribution is -0.101. The number of halogens is 1. The van der Waals surface area contributed by atoms with Gasteiger partial charge in [0, 0.05) is 24.4 Å². The van der Waals surface area contributed by atoms with Crippen LogP contribution in [0.25, 0.3) is 0 Å². The molecule has 0 saturated carbocycles. The molecular weight excluding hydrogens is 362 g/mol. The molecule has 0 bridgehead atoms. The number of ether oxygens (including phenoxy) is 1. The lowest BCUT2D eigenvalue weighted by Crippen LogP contribution is -2.51.